The van der Waals surface area contributed by atoms with Crippen molar-refractivity contribution >= 4 is 35.2 Å². The molecule has 1 atom stereocenters. The van der Waals surface area contributed by atoms with E-state index in [1.165, 1.54) is 25.1 Å². The van der Waals surface area contributed by atoms with E-state index >= 15 is 0 Å². The van der Waals surface area contributed by atoms with Gasteiger partial charge in [0.25, 0.3) is 5.91 Å². The number of hydrogen-bond donors (Lipinski definition) is 1. The molecule has 0 spiro atoms. The second kappa shape index (κ2) is 10.1. The van der Waals surface area contributed by atoms with Gasteiger partial charge in [0.05, 0.1) is 31.5 Å². The van der Waals surface area contributed by atoms with Crippen molar-refractivity contribution in [1.29, 1.82) is 0 Å². The van der Waals surface area contributed by atoms with Gasteiger partial charge in [0.2, 0.25) is 0 Å². The average Bonchev–Trinajstić information content (AvgIpc) is 2.71. The molecule has 1 aromatic heterocycles. The lowest BCUT2D eigenvalue weighted by molar-refractivity contribution is -0.124. The van der Waals surface area contributed by atoms with E-state index < -0.39 is 24.5 Å². The van der Waals surface area contributed by atoms with E-state index in [4.69, 9.17) is 25.8 Å². The summed E-state index contributed by atoms with van der Waals surface area (Å²) < 4.78 is 15.5. The van der Waals surface area contributed by atoms with Crippen LogP contribution in [0.4, 0.5) is 0 Å². The van der Waals surface area contributed by atoms with Crippen molar-refractivity contribution < 1.29 is 23.8 Å². The van der Waals surface area contributed by atoms with Crippen molar-refractivity contribution in [3.8, 4) is 11.5 Å². The minimum Gasteiger partial charge on any atom is -0.497 e. The molecular formula is C18H20ClN3O5S. The van der Waals surface area contributed by atoms with Crippen molar-refractivity contribution in [1.82, 2.24) is 15.3 Å². The van der Waals surface area contributed by atoms with Crippen LogP contribution < -0.4 is 14.8 Å². The van der Waals surface area contributed by atoms with E-state index in [0.717, 1.165) is 5.56 Å². The highest BCUT2D eigenvalue weighted by atomic mass is 35.5. The first-order valence-electron chi connectivity index (χ1n) is 8.14. The second-order valence-electron chi connectivity index (χ2n) is 5.53. The lowest BCUT2D eigenvalue weighted by atomic mass is 10.1. The Bertz CT molecular complexity index is 865. The minimum absolute atomic E-state index is 0.0534. The molecule has 150 valence electrons. The molecule has 0 aliphatic heterocycles. The fourth-order valence-corrected chi connectivity index (χ4v) is 2.84. The van der Waals surface area contributed by atoms with Gasteiger partial charge in [-0.2, -0.15) is 0 Å². The molecule has 2 rings (SSSR count). The van der Waals surface area contributed by atoms with E-state index in [9.17, 15) is 9.59 Å². The molecule has 1 aromatic carbocycles. The summed E-state index contributed by atoms with van der Waals surface area (Å²) in [6.07, 6.45) is 3.08. The fourth-order valence-electron chi connectivity index (χ4n) is 2.33. The van der Waals surface area contributed by atoms with Crippen LogP contribution in [-0.4, -0.2) is 48.9 Å². The molecular weight excluding hydrogens is 406 g/mol. The summed E-state index contributed by atoms with van der Waals surface area (Å²) in [4.78, 5) is 32.3. The average molecular weight is 426 g/mol. The third kappa shape index (κ3) is 5.49. The predicted molar refractivity (Wildman–Crippen MR) is 105 cm³/mol. The summed E-state index contributed by atoms with van der Waals surface area (Å²) in [6.45, 7) is 1.30. The van der Waals surface area contributed by atoms with Gasteiger partial charge in [-0.1, -0.05) is 23.4 Å². The lowest BCUT2D eigenvalue weighted by Crippen LogP contribution is -2.31. The number of esters is 1. The maximum Gasteiger partial charge on any atom is 0.359 e. The SMILES string of the molecule is COc1ccc(OC)c(C(C)NC(=O)COC(=O)c2nc(SC)ncc2Cl)c1. The van der Waals surface area contributed by atoms with Crippen LogP contribution in [0, 0.1) is 0 Å². The molecule has 2 aromatic rings. The Morgan fingerprint density at radius 2 is 2.04 bits per heavy atom. The second-order valence-corrected chi connectivity index (χ2v) is 6.71. The number of nitrogens with one attached hydrogen (secondary N) is 1. The molecule has 0 bridgehead atoms. The molecule has 0 aliphatic carbocycles. The van der Waals surface area contributed by atoms with Crippen LogP contribution in [0.5, 0.6) is 11.5 Å². The summed E-state index contributed by atoms with van der Waals surface area (Å²) >= 11 is 7.18. The Morgan fingerprint density at radius 1 is 1.29 bits per heavy atom. The summed E-state index contributed by atoms with van der Waals surface area (Å²) in [5.74, 6) is -0.0558. The first-order valence-corrected chi connectivity index (χ1v) is 9.74. The zero-order valence-corrected chi connectivity index (χ0v) is 17.4. The highest BCUT2D eigenvalue weighted by Gasteiger charge is 2.19. The highest BCUT2D eigenvalue weighted by molar-refractivity contribution is 7.98. The van der Waals surface area contributed by atoms with Gasteiger partial charge in [-0.25, -0.2) is 14.8 Å². The van der Waals surface area contributed by atoms with Gasteiger partial charge in [0.1, 0.15) is 11.5 Å². The van der Waals surface area contributed by atoms with E-state index in [1.54, 1.807) is 38.5 Å². The van der Waals surface area contributed by atoms with Gasteiger partial charge in [-0.15, -0.1) is 0 Å². The smallest absolute Gasteiger partial charge is 0.359 e. The number of halogens is 1. The van der Waals surface area contributed by atoms with Crippen LogP contribution in [0.3, 0.4) is 0 Å². The summed E-state index contributed by atoms with van der Waals surface area (Å²) in [5.41, 5.74) is 0.640. The first kappa shape index (κ1) is 21.8. The number of carbonyl (C=O) groups is 2. The maximum atomic E-state index is 12.2. The number of hydrogen-bond acceptors (Lipinski definition) is 8. The molecule has 1 unspecified atom stereocenters. The zero-order chi connectivity index (χ0) is 20.7. The van der Waals surface area contributed by atoms with Crippen molar-refractivity contribution in [3.63, 3.8) is 0 Å². The molecule has 1 N–H and O–H groups in total. The van der Waals surface area contributed by atoms with Crippen LogP contribution in [-0.2, 0) is 9.53 Å². The van der Waals surface area contributed by atoms with Crippen molar-refractivity contribution in [3.05, 3.63) is 40.7 Å². The van der Waals surface area contributed by atoms with Crippen molar-refractivity contribution in [2.45, 2.75) is 18.1 Å². The Hall–Kier alpha value is -2.52. The molecule has 0 fully saturated rings. The standard InChI is InChI=1S/C18H20ClN3O5S/c1-10(12-7-11(25-2)5-6-14(12)26-3)21-15(23)9-27-17(24)16-13(19)8-20-18(22-16)28-4/h5-8,10H,9H2,1-4H3,(H,21,23). The number of methoxy groups -OCH3 is 2. The molecule has 0 saturated heterocycles. The highest BCUT2D eigenvalue weighted by Crippen LogP contribution is 2.29. The topological polar surface area (TPSA) is 99.6 Å². The van der Waals surface area contributed by atoms with Crippen LogP contribution in [0.25, 0.3) is 0 Å². The maximum absolute atomic E-state index is 12.2. The summed E-state index contributed by atoms with van der Waals surface area (Å²) in [5, 5.41) is 3.17. The lowest BCUT2D eigenvalue weighted by Gasteiger charge is -2.18. The van der Waals surface area contributed by atoms with Gasteiger partial charge in [0, 0.05) is 5.56 Å². The quantitative estimate of drug-likeness (QED) is 0.391. The molecule has 10 heteroatoms. The number of aromatic nitrogens is 2. The normalized spacial score (nSPS) is 11.5. The number of thioether (sulfide) groups is 1. The number of carbonyl (C=O) groups excluding carboxylic acids is 2. The van der Waals surface area contributed by atoms with E-state index in [1.807, 2.05) is 0 Å². The van der Waals surface area contributed by atoms with Gasteiger partial charge in [-0.05, 0) is 31.4 Å². The third-order valence-corrected chi connectivity index (χ3v) is 4.55. The fraction of sp³-hybridized carbons (Fsp3) is 0.333. The van der Waals surface area contributed by atoms with E-state index in [-0.39, 0.29) is 10.7 Å². The molecule has 0 aliphatic rings. The van der Waals surface area contributed by atoms with Crippen LogP contribution in [0.15, 0.2) is 29.6 Å². The van der Waals surface area contributed by atoms with Gasteiger partial charge >= 0.3 is 5.97 Å². The summed E-state index contributed by atoms with van der Waals surface area (Å²) in [7, 11) is 3.09. The Labute approximate surface area is 171 Å². The molecule has 0 saturated carbocycles. The Balaban J connectivity index is 2.00. The minimum atomic E-state index is -0.801. The third-order valence-electron chi connectivity index (χ3n) is 3.71. The molecule has 1 heterocycles. The monoisotopic (exact) mass is 425 g/mol. The predicted octanol–water partition coefficient (Wildman–Crippen LogP) is 2.90. The zero-order valence-electron chi connectivity index (χ0n) is 15.8. The Kier molecular flexibility index (Phi) is 7.89. The van der Waals surface area contributed by atoms with Crippen LogP contribution >= 0.6 is 23.4 Å². The summed E-state index contributed by atoms with van der Waals surface area (Å²) in [6, 6.07) is 4.87. The number of nitrogens with zero attached hydrogens (tertiary/aromatic N) is 2. The van der Waals surface area contributed by atoms with Crippen LogP contribution in [0.2, 0.25) is 5.02 Å². The van der Waals surface area contributed by atoms with Crippen molar-refractivity contribution in [2.24, 2.45) is 0 Å². The van der Waals surface area contributed by atoms with Gasteiger partial charge in [0.15, 0.2) is 17.5 Å². The van der Waals surface area contributed by atoms with E-state index in [0.29, 0.717) is 16.7 Å². The molecule has 1 amide bonds. The first-order chi connectivity index (χ1) is 13.4. The van der Waals surface area contributed by atoms with Crippen LogP contribution in [0.1, 0.15) is 29.0 Å². The van der Waals surface area contributed by atoms with Crippen molar-refractivity contribution in [2.75, 3.05) is 27.1 Å². The van der Waals surface area contributed by atoms with E-state index in [2.05, 4.69) is 15.3 Å². The number of rotatable bonds is 8. The van der Waals surface area contributed by atoms with Gasteiger partial charge < -0.3 is 19.5 Å². The number of amides is 1. The van der Waals surface area contributed by atoms with Gasteiger partial charge in [-0.3, -0.25) is 4.79 Å². The molecule has 0 radical (unpaired) electrons. The number of ether oxygens (including phenoxy) is 3. The number of benzene rings is 1. The Morgan fingerprint density at radius 3 is 2.68 bits per heavy atom. The molecule has 28 heavy (non-hydrogen) atoms. The largest absolute Gasteiger partial charge is 0.497 e. The molecule has 8 nitrogen and oxygen atoms in total.